The third-order valence-electron chi connectivity index (χ3n) is 3.49. The molecule has 1 unspecified atom stereocenters. The molecule has 4 nitrogen and oxygen atoms in total. The summed E-state index contributed by atoms with van der Waals surface area (Å²) in [5.74, 6) is -0.198. The highest BCUT2D eigenvalue weighted by molar-refractivity contribution is 6.12. The van der Waals surface area contributed by atoms with Crippen molar-refractivity contribution in [2.24, 2.45) is 0 Å². The molecule has 0 aliphatic carbocycles. The van der Waals surface area contributed by atoms with Gasteiger partial charge in [-0.15, -0.1) is 0 Å². The number of aliphatic hydroxyl groups excluding tert-OH is 1. The first-order valence-electron chi connectivity index (χ1n) is 6.81. The first-order valence-corrected chi connectivity index (χ1v) is 6.81. The topological polar surface area (TPSA) is 65.1 Å². The lowest BCUT2D eigenvalue weighted by Gasteiger charge is -2.13. The number of aromatic amines is 1. The molecule has 4 heteroatoms. The largest absolute Gasteiger partial charge is 0.389 e. The number of benzene rings is 2. The van der Waals surface area contributed by atoms with E-state index in [1.165, 1.54) is 0 Å². The van der Waals surface area contributed by atoms with Gasteiger partial charge in [0.15, 0.2) is 0 Å². The molecule has 0 aliphatic heterocycles. The number of carbonyl (C=O) groups excluding carboxylic acids is 1. The zero-order chi connectivity index (χ0) is 14.8. The van der Waals surface area contributed by atoms with E-state index < -0.39 is 6.10 Å². The molecule has 2 aromatic carbocycles. The van der Waals surface area contributed by atoms with Gasteiger partial charge in [-0.2, -0.15) is 0 Å². The van der Waals surface area contributed by atoms with E-state index >= 15 is 0 Å². The summed E-state index contributed by atoms with van der Waals surface area (Å²) >= 11 is 0. The Labute approximate surface area is 122 Å². The van der Waals surface area contributed by atoms with Gasteiger partial charge in [0.2, 0.25) is 0 Å². The SMILES string of the molecule is CC(O)c1ccccc1NC(=O)c1cccc2cc[nH]c12. The molecule has 1 heterocycles. The van der Waals surface area contributed by atoms with Crippen molar-refractivity contribution < 1.29 is 9.90 Å². The van der Waals surface area contributed by atoms with E-state index in [0.29, 0.717) is 16.8 Å². The van der Waals surface area contributed by atoms with E-state index in [-0.39, 0.29) is 5.91 Å². The quantitative estimate of drug-likeness (QED) is 0.687. The summed E-state index contributed by atoms with van der Waals surface area (Å²) in [6.45, 7) is 1.68. The second-order valence-electron chi connectivity index (χ2n) is 4.96. The van der Waals surface area contributed by atoms with Gasteiger partial charge in [-0.3, -0.25) is 4.79 Å². The molecule has 1 aromatic heterocycles. The number of para-hydroxylation sites is 2. The zero-order valence-electron chi connectivity index (χ0n) is 11.6. The van der Waals surface area contributed by atoms with Crippen LogP contribution in [-0.4, -0.2) is 16.0 Å². The second-order valence-corrected chi connectivity index (χ2v) is 4.96. The van der Waals surface area contributed by atoms with Crippen LogP contribution in [0.25, 0.3) is 10.9 Å². The van der Waals surface area contributed by atoms with Crippen molar-refractivity contribution in [2.45, 2.75) is 13.0 Å². The van der Waals surface area contributed by atoms with Gasteiger partial charge in [0.1, 0.15) is 0 Å². The Kier molecular flexibility index (Phi) is 3.46. The van der Waals surface area contributed by atoms with Crippen LogP contribution in [-0.2, 0) is 0 Å². The fraction of sp³-hybridized carbons (Fsp3) is 0.118. The molecule has 1 atom stereocenters. The van der Waals surface area contributed by atoms with E-state index in [2.05, 4.69) is 10.3 Å². The number of H-pyrrole nitrogens is 1. The smallest absolute Gasteiger partial charge is 0.257 e. The number of rotatable bonds is 3. The van der Waals surface area contributed by atoms with Crippen LogP contribution in [0.4, 0.5) is 5.69 Å². The number of hydrogen-bond donors (Lipinski definition) is 3. The van der Waals surface area contributed by atoms with Crippen molar-refractivity contribution in [2.75, 3.05) is 5.32 Å². The summed E-state index contributed by atoms with van der Waals surface area (Å²) in [6, 6.07) is 14.8. The number of anilines is 1. The van der Waals surface area contributed by atoms with E-state index in [4.69, 9.17) is 0 Å². The Balaban J connectivity index is 1.96. The number of aliphatic hydroxyl groups is 1. The molecule has 0 fully saturated rings. The molecule has 106 valence electrons. The van der Waals surface area contributed by atoms with Crippen LogP contribution in [0.3, 0.4) is 0 Å². The summed E-state index contributed by atoms with van der Waals surface area (Å²) < 4.78 is 0. The normalized spacial score (nSPS) is 12.3. The summed E-state index contributed by atoms with van der Waals surface area (Å²) in [7, 11) is 0. The first kappa shape index (κ1) is 13.4. The second kappa shape index (κ2) is 5.42. The number of aromatic nitrogens is 1. The molecule has 0 radical (unpaired) electrons. The maximum Gasteiger partial charge on any atom is 0.257 e. The van der Waals surface area contributed by atoms with Crippen LogP contribution in [0, 0.1) is 0 Å². The third kappa shape index (κ3) is 2.53. The van der Waals surface area contributed by atoms with E-state index in [0.717, 1.165) is 10.9 Å². The molecule has 0 saturated carbocycles. The molecule has 0 bridgehead atoms. The highest BCUT2D eigenvalue weighted by Crippen LogP contribution is 2.24. The number of nitrogens with one attached hydrogen (secondary N) is 2. The fourth-order valence-corrected chi connectivity index (χ4v) is 2.44. The van der Waals surface area contributed by atoms with Gasteiger partial charge < -0.3 is 15.4 Å². The molecule has 0 aliphatic rings. The van der Waals surface area contributed by atoms with Crippen LogP contribution in [0.15, 0.2) is 54.7 Å². The third-order valence-corrected chi connectivity index (χ3v) is 3.49. The summed E-state index contributed by atoms with van der Waals surface area (Å²) in [5, 5.41) is 13.6. The molecule has 3 rings (SSSR count). The molecule has 0 spiro atoms. The molecular weight excluding hydrogens is 264 g/mol. The van der Waals surface area contributed by atoms with Crippen LogP contribution in [0.5, 0.6) is 0 Å². The lowest BCUT2D eigenvalue weighted by molar-refractivity contribution is 0.102. The number of amides is 1. The van der Waals surface area contributed by atoms with Crippen LogP contribution >= 0.6 is 0 Å². The van der Waals surface area contributed by atoms with E-state index in [1.807, 2.05) is 36.5 Å². The van der Waals surface area contributed by atoms with Gasteiger partial charge in [0, 0.05) is 22.8 Å². The Morgan fingerprint density at radius 2 is 1.95 bits per heavy atom. The Morgan fingerprint density at radius 1 is 1.14 bits per heavy atom. The minimum absolute atomic E-state index is 0.198. The Bertz CT molecular complexity index is 790. The van der Waals surface area contributed by atoms with Crippen molar-refractivity contribution >= 4 is 22.5 Å². The van der Waals surface area contributed by atoms with Gasteiger partial charge >= 0.3 is 0 Å². The van der Waals surface area contributed by atoms with E-state index in [1.54, 1.807) is 25.1 Å². The minimum atomic E-state index is -0.636. The Morgan fingerprint density at radius 3 is 2.76 bits per heavy atom. The van der Waals surface area contributed by atoms with Crippen molar-refractivity contribution in [3.63, 3.8) is 0 Å². The predicted molar refractivity (Wildman–Crippen MR) is 83.3 cm³/mol. The van der Waals surface area contributed by atoms with Gasteiger partial charge in [-0.25, -0.2) is 0 Å². The van der Waals surface area contributed by atoms with E-state index in [9.17, 15) is 9.90 Å². The lowest BCUT2D eigenvalue weighted by Crippen LogP contribution is -2.14. The van der Waals surface area contributed by atoms with Crippen molar-refractivity contribution in [3.05, 3.63) is 65.9 Å². The first-order chi connectivity index (χ1) is 10.2. The van der Waals surface area contributed by atoms with Gasteiger partial charge in [0.25, 0.3) is 5.91 Å². The minimum Gasteiger partial charge on any atom is -0.389 e. The number of carbonyl (C=O) groups is 1. The molecule has 3 aromatic rings. The van der Waals surface area contributed by atoms with Crippen molar-refractivity contribution in [1.29, 1.82) is 0 Å². The van der Waals surface area contributed by atoms with Gasteiger partial charge in [0.05, 0.1) is 17.2 Å². The van der Waals surface area contributed by atoms with Gasteiger partial charge in [-0.05, 0) is 25.1 Å². The Hall–Kier alpha value is -2.59. The summed E-state index contributed by atoms with van der Waals surface area (Å²) in [6.07, 6.45) is 1.17. The molecule has 3 N–H and O–H groups in total. The number of hydrogen-bond acceptors (Lipinski definition) is 2. The standard InChI is InChI=1S/C17H16N2O2/c1-11(20)13-6-2-3-8-15(13)19-17(21)14-7-4-5-12-9-10-18-16(12)14/h2-11,18,20H,1H3,(H,19,21). The molecule has 21 heavy (non-hydrogen) atoms. The fourth-order valence-electron chi connectivity index (χ4n) is 2.44. The average molecular weight is 280 g/mol. The maximum atomic E-state index is 12.5. The average Bonchev–Trinajstić information content (AvgIpc) is 2.95. The highest BCUT2D eigenvalue weighted by Gasteiger charge is 2.14. The maximum absolute atomic E-state index is 12.5. The monoisotopic (exact) mass is 280 g/mol. The molecule has 1 amide bonds. The summed E-state index contributed by atoms with van der Waals surface area (Å²) in [4.78, 5) is 15.6. The van der Waals surface area contributed by atoms with Crippen LogP contribution in [0.1, 0.15) is 28.9 Å². The molecule has 0 saturated heterocycles. The lowest BCUT2D eigenvalue weighted by atomic mass is 10.1. The van der Waals surface area contributed by atoms with Crippen LogP contribution < -0.4 is 5.32 Å². The van der Waals surface area contributed by atoms with Crippen molar-refractivity contribution in [1.82, 2.24) is 4.98 Å². The predicted octanol–water partition coefficient (Wildman–Crippen LogP) is 3.47. The summed E-state index contributed by atoms with van der Waals surface area (Å²) in [5.41, 5.74) is 2.72. The highest BCUT2D eigenvalue weighted by atomic mass is 16.3. The van der Waals surface area contributed by atoms with Gasteiger partial charge in [-0.1, -0.05) is 30.3 Å². The molecular formula is C17H16N2O2. The zero-order valence-corrected chi connectivity index (χ0v) is 11.6. The van der Waals surface area contributed by atoms with Crippen molar-refractivity contribution in [3.8, 4) is 0 Å². The number of fused-ring (bicyclic) bond motifs is 1. The van der Waals surface area contributed by atoms with Crippen LogP contribution in [0.2, 0.25) is 0 Å².